The SMILES string of the molecule is COC(=O)C1=NN(c2ccc(C)cc2)[C@@H]2C(=O)N(c3ccc(Br)cc3)C(=O)[C@@H]12. The predicted molar refractivity (Wildman–Crippen MR) is 107 cm³/mol. The third-order valence-electron chi connectivity index (χ3n) is 4.83. The topological polar surface area (TPSA) is 79.3 Å². The highest BCUT2D eigenvalue weighted by Gasteiger charge is 2.59. The van der Waals surface area contributed by atoms with E-state index in [9.17, 15) is 14.4 Å². The lowest BCUT2D eigenvalue weighted by atomic mass is 9.97. The third kappa shape index (κ3) is 2.80. The summed E-state index contributed by atoms with van der Waals surface area (Å²) in [6.07, 6.45) is 0. The van der Waals surface area contributed by atoms with Crippen molar-refractivity contribution in [1.82, 2.24) is 0 Å². The van der Waals surface area contributed by atoms with Crippen LogP contribution in [0.5, 0.6) is 0 Å². The largest absolute Gasteiger partial charge is 0.464 e. The molecule has 0 unspecified atom stereocenters. The van der Waals surface area contributed by atoms with Gasteiger partial charge >= 0.3 is 5.97 Å². The van der Waals surface area contributed by atoms with Gasteiger partial charge in [0.1, 0.15) is 12.0 Å². The second-order valence-corrected chi connectivity index (χ2v) is 7.48. The molecule has 1 fully saturated rings. The summed E-state index contributed by atoms with van der Waals surface area (Å²) in [6, 6.07) is 13.3. The van der Waals surface area contributed by atoms with Crippen molar-refractivity contribution in [2.24, 2.45) is 11.0 Å². The maximum absolute atomic E-state index is 13.2. The minimum atomic E-state index is -1.01. The van der Waals surface area contributed by atoms with Crippen molar-refractivity contribution in [3.63, 3.8) is 0 Å². The van der Waals surface area contributed by atoms with Gasteiger partial charge in [-0.1, -0.05) is 33.6 Å². The van der Waals surface area contributed by atoms with E-state index in [0.29, 0.717) is 11.4 Å². The Kier molecular flexibility index (Phi) is 4.50. The Morgan fingerprint density at radius 1 is 1.00 bits per heavy atom. The molecule has 0 radical (unpaired) electrons. The number of anilines is 2. The van der Waals surface area contributed by atoms with Crippen LogP contribution in [0.2, 0.25) is 0 Å². The van der Waals surface area contributed by atoms with Crippen LogP contribution < -0.4 is 9.91 Å². The molecule has 2 amide bonds. The number of aryl methyl sites for hydroxylation is 1. The van der Waals surface area contributed by atoms with Crippen LogP contribution >= 0.6 is 15.9 Å². The van der Waals surface area contributed by atoms with E-state index < -0.39 is 29.7 Å². The number of hydrazone groups is 1. The second kappa shape index (κ2) is 6.87. The fourth-order valence-electron chi connectivity index (χ4n) is 3.44. The van der Waals surface area contributed by atoms with Crippen molar-refractivity contribution in [1.29, 1.82) is 0 Å². The van der Waals surface area contributed by atoms with E-state index in [0.717, 1.165) is 14.9 Å². The molecule has 2 heterocycles. The van der Waals surface area contributed by atoms with Gasteiger partial charge in [0.15, 0.2) is 5.71 Å². The maximum Gasteiger partial charge on any atom is 0.355 e. The van der Waals surface area contributed by atoms with Crippen LogP contribution in [-0.4, -0.2) is 36.6 Å². The fraction of sp³-hybridized carbons (Fsp3) is 0.200. The van der Waals surface area contributed by atoms with Gasteiger partial charge in [-0.25, -0.2) is 9.69 Å². The average molecular weight is 442 g/mol. The number of hydrogen-bond acceptors (Lipinski definition) is 6. The zero-order chi connectivity index (χ0) is 20.0. The minimum Gasteiger partial charge on any atom is -0.464 e. The van der Waals surface area contributed by atoms with E-state index in [1.54, 1.807) is 36.4 Å². The first-order valence-electron chi connectivity index (χ1n) is 8.58. The van der Waals surface area contributed by atoms with Crippen molar-refractivity contribution in [3.05, 3.63) is 58.6 Å². The number of esters is 1. The van der Waals surface area contributed by atoms with Crippen molar-refractivity contribution in [2.45, 2.75) is 13.0 Å². The van der Waals surface area contributed by atoms with Crippen LogP contribution in [0, 0.1) is 12.8 Å². The van der Waals surface area contributed by atoms with Gasteiger partial charge < -0.3 is 4.74 Å². The first-order valence-corrected chi connectivity index (χ1v) is 9.38. The number of halogens is 1. The van der Waals surface area contributed by atoms with Crippen LogP contribution in [0.25, 0.3) is 0 Å². The summed E-state index contributed by atoms with van der Waals surface area (Å²) in [7, 11) is 1.22. The van der Waals surface area contributed by atoms with E-state index in [1.807, 2.05) is 19.1 Å². The molecular formula is C20H16BrN3O4. The van der Waals surface area contributed by atoms with Gasteiger partial charge in [-0.15, -0.1) is 0 Å². The van der Waals surface area contributed by atoms with Gasteiger partial charge in [0.25, 0.3) is 5.91 Å². The van der Waals surface area contributed by atoms with E-state index in [2.05, 4.69) is 21.0 Å². The number of hydrogen-bond donors (Lipinski definition) is 0. The van der Waals surface area contributed by atoms with Crippen molar-refractivity contribution >= 4 is 50.8 Å². The number of imide groups is 1. The number of ether oxygens (including phenoxy) is 1. The standard InChI is InChI=1S/C20H16BrN3O4/c1-11-3-7-14(8-4-11)24-17-15(16(22-24)20(27)28-2)18(25)23(19(17)26)13-9-5-12(21)6-10-13/h3-10,15,17H,1-2H3/t15-,17-/m0/s1. The molecule has 2 aliphatic rings. The lowest BCUT2D eigenvalue weighted by molar-refractivity contribution is -0.133. The zero-order valence-electron chi connectivity index (χ0n) is 15.1. The number of carbonyl (C=O) groups excluding carboxylic acids is 3. The molecule has 2 aromatic carbocycles. The number of carbonyl (C=O) groups is 3. The van der Waals surface area contributed by atoms with Crippen LogP contribution in [0.1, 0.15) is 5.56 Å². The number of methoxy groups -OCH3 is 1. The summed E-state index contributed by atoms with van der Waals surface area (Å²) in [5.41, 5.74) is 2.05. The number of benzene rings is 2. The Morgan fingerprint density at radius 2 is 1.61 bits per heavy atom. The lowest BCUT2D eigenvalue weighted by Gasteiger charge is -2.22. The number of nitrogens with zero attached hydrogens (tertiary/aromatic N) is 3. The molecule has 0 aromatic heterocycles. The molecule has 1 saturated heterocycles. The summed E-state index contributed by atoms with van der Waals surface area (Å²) in [6.45, 7) is 1.94. The molecule has 4 rings (SSSR count). The Labute approximate surface area is 169 Å². The Hall–Kier alpha value is -3.00. The molecule has 0 spiro atoms. The molecule has 7 nitrogen and oxygen atoms in total. The molecule has 8 heteroatoms. The second-order valence-electron chi connectivity index (χ2n) is 6.57. The quantitative estimate of drug-likeness (QED) is 0.540. The molecule has 2 aliphatic heterocycles. The number of fused-ring (bicyclic) bond motifs is 1. The first-order chi connectivity index (χ1) is 13.4. The Bertz CT molecular complexity index is 1000. The summed E-state index contributed by atoms with van der Waals surface area (Å²) < 4.78 is 5.63. The van der Waals surface area contributed by atoms with Crippen LogP contribution in [0.4, 0.5) is 11.4 Å². The normalized spacial score (nSPS) is 21.0. The van der Waals surface area contributed by atoms with E-state index in [1.165, 1.54) is 12.1 Å². The smallest absolute Gasteiger partial charge is 0.355 e. The lowest BCUT2D eigenvalue weighted by Crippen LogP contribution is -2.39. The molecular weight excluding hydrogens is 426 g/mol. The monoisotopic (exact) mass is 441 g/mol. The Morgan fingerprint density at radius 3 is 2.21 bits per heavy atom. The highest BCUT2D eigenvalue weighted by molar-refractivity contribution is 9.10. The molecule has 2 atom stereocenters. The summed E-state index contributed by atoms with van der Waals surface area (Å²) in [5.74, 6) is -2.65. The summed E-state index contributed by atoms with van der Waals surface area (Å²) >= 11 is 3.34. The minimum absolute atomic E-state index is 0.0639. The molecule has 0 saturated carbocycles. The van der Waals surface area contributed by atoms with E-state index >= 15 is 0 Å². The molecule has 28 heavy (non-hydrogen) atoms. The average Bonchev–Trinajstić information content (AvgIpc) is 3.20. The van der Waals surface area contributed by atoms with Crippen LogP contribution in [0.15, 0.2) is 58.1 Å². The first kappa shape index (κ1) is 18.4. The van der Waals surface area contributed by atoms with Gasteiger partial charge in [-0.05, 0) is 43.3 Å². The highest BCUT2D eigenvalue weighted by Crippen LogP contribution is 2.38. The zero-order valence-corrected chi connectivity index (χ0v) is 16.7. The molecule has 2 aromatic rings. The van der Waals surface area contributed by atoms with Gasteiger partial charge in [0.2, 0.25) is 5.91 Å². The highest BCUT2D eigenvalue weighted by atomic mass is 79.9. The number of amides is 2. The van der Waals surface area contributed by atoms with Crippen molar-refractivity contribution in [2.75, 3.05) is 17.0 Å². The van der Waals surface area contributed by atoms with Crippen molar-refractivity contribution < 1.29 is 19.1 Å². The molecule has 142 valence electrons. The van der Waals surface area contributed by atoms with E-state index in [4.69, 9.17) is 4.74 Å². The molecule has 0 bridgehead atoms. The Balaban J connectivity index is 1.79. The van der Waals surface area contributed by atoms with Crippen LogP contribution in [0.3, 0.4) is 0 Å². The summed E-state index contributed by atoms with van der Waals surface area (Å²) in [5, 5.41) is 5.73. The van der Waals surface area contributed by atoms with Crippen molar-refractivity contribution in [3.8, 4) is 0 Å². The fourth-order valence-corrected chi connectivity index (χ4v) is 3.71. The summed E-state index contributed by atoms with van der Waals surface area (Å²) in [4.78, 5) is 39.7. The maximum atomic E-state index is 13.2. The van der Waals surface area contributed by atoms with Gasteiger partial charge in [-0.3, -0.25) is 14.6 Å². The number of rotatable bonds is 3. The van der Waals surface area contributed by atoms with E-state index in [-0.39, 0.29) is 5.71 Å². The van der Waals surface area contributed by atoms with Gasteiger partial charge in [-0.2, -0.15) is 5.10 Å². The van der Waals surface area contributed by atoms with Gasteiger partial charge in [0.05, 0.1) is 18.5 Å². The molecule has 0 N–H and O–H groups in total. The predicted octanol–water partition coefficient (Wildman–Crippen LogP) is 2.66. The third-order valence-corrected chi connectivity index (χ3v) is 5.36. The van der Waals surface area contributed by atoms with Gasteiger partial charge in [0, 0.05) is 4.47 Å². The molecule has 0 aliphatic carbocycles. The van der Waals surface area contributed by atoms with Crippen LogP contribution in [-0.2, 0) is 19.1 Å².